The van der Waals surface area contributed by atoms with Crippen LogP contribution in [0.1, 0.15) is 11.4 Å². The van der Waals surface area contributed by atoms with E-state index in [1.165, 1.54) is 11.0 Å². The molecule has 1 aromatic heterocycles. The van der Waals surface area contributed by atoms with Crippen molar-refractivity contribution >= 4 is 62.3 Å². The van der Waals surface area contributed by atoms with E-state index in [1.807, 2.05) is 0 Å². The number of hydrogen-bond donors (Lipinski definition) is 1. The first-order valence-electron chi connectivity index (χ1n) is 8.07. The number of carbonyl (C=O) groups is 2. The SMILES string of the molecule is O=C(O)CC1Oc2ccccc2N(Cc2nc3c(F)c(Cl)cc(Cl)c3s2)C1=O. The Labute approximate surface area is 172 Å². The van der Waals surface area contributed by atoms with Crippen molar-refractivity contribution in [3.05, 3.63) is 51.2 Å². The van der Waals surface area contributed by atoms with Crippen LogP contribution in [0.15, 0.2) is 30.3 Å². The van der Waals surface area contributed by atoms with Crippen LogP contribution in [0.3, 0.4) is 0 Å². The molecule has 0 spiro atoms. The molecule has 0 radical (unpaired) electrons. The van der Waals surface area contributed by atoms with Gasteiger partial charge in [0.15, 0.2) is 11.9 Å². The summed E-state index contributed by atoms with van der Waals surface area (Å²) in [5.74, 6) is -1.95. The lowest BCUT2D eigenvalue weighted by Crippen LogP contribution is -2.46. The number of carbonyl (C=O) groups excluding carboxylic acids is 1. The van der Waals surface area contributed by atoms with Crippen LogP contribution in [0, 0.1) is 5.82 Å². The maximum absolute atomic E-state index is 14.3. The van der Waals surface area contributed by atoms with Gasteiger partial charge in [-0.3, -0.25) is 14.5 Å². The highest BCUT2D eigenvalue weighted by molar-refractivity contribution is 7.19. The van der Waals surface area contributed by atoms with Crippen molar-refractivity contribution in [3.63, 3.8) is 0 Å². The van der Waals surface area contributed by atoms with Crippen LogP contribution in [0.2, 0.25) is 10.0 Å². The highest BCUT2D eigenvalue weighted by atomic mass is 35.5. The van der Waals surface area contributed by atoms with E-state index in [-0.39, 0.29) is 22.1 Å². The minimum atomic E-state index is -1.16. The van der Waals surface area contributed by atoms with Crippen LogP contribution in [0.5, 0.6) is 5.75 Å². The van der Waals surface area contributed by atoms with Gasteiger partial charge in [-0.2, -0.15) is 0 Å². The van der Waals surface area contributed by atoms with E-state index in [0.29, 0.717) is 21.1 Å². The monoisotopic (exact) mass is 440 g/mol. The number of thiazole rings is 1. The molecule has 1 unspecified atom stereocenters. The summed E-state index contributed by atoms with van der Waals surface area (Å²) in [7, 11) is 0. The number of fused-ring (bicyclic) bond motifs is 2. The molecule has 1 atom stereocenters. The zero-order chi connectivity index (χ0) is 20.0. The van der Waals surface area contributed by atoms with Gasteiger partial charge in [-0.05, 0) is 18.2 Å². The molecule has 1 aliphatic heterocycles. The van der Waals surface area contributed by atoms with Crippen molar-refractivity contribution in [3.8, 4) is 5.75 Å². The summed E-state index contributed by atoms with van der Waals surface area (Å²) in [6, 6.07) is 8.09. The Morgan fingerprint density at radius 3 is 2.82 bits per heavy atom. The van der Waals surface area contributed by atoms with Gasteiger partial charge in [0.05, 0.1) is 33.4 Å². The van der Waals surface area contributed by atoms with Crippen molar-refractivity contribution in [2.24, 2.45) is 0 Å². The quantitative estimate of drug-likeness (QED) is 0.603. The number of nitrogens with zero attached hydrogens (tertiary/aromatic N) is 2. The number of ether oxygens (including phenoxy) is 1. The van der Waals surface area contributed by atoms with E-state index in [0.717, 1.165) is 11.3 Å². The Balaban J connectivity index is 1.74. The van der Waals surface area contributed by atoms with Crippen LogP contribution in [-0.4, -0.2) is 28.1 Å². The van der Waals surface area contributed by atoms with Gasteiger partial charge in [0.25, 0.3) is 5.91 Å². The summed E-state index contributed by atoms with van der Waals surface area (Å²) >= 11 is 13.1. The van der Waals surface area contributed by atoms with Gasteiger partial charge >= 0.3 is 5.97 Å². The summed E-state index contributed by atoms with van der Waals surface area (Å²) in [5, 5.41) is 9.62. The van der Waals surface area contributed by atoms with Crippen molar-refractivity contribution < 1.29 is 23.8 Å². The molecule has 144 valence electrons. The van der Waals surface area contributed by atoms with E-state index in [9.17, 15) is 14.0 Å². The highest BCUT2D eigenvalue weighted by Crippen LogP contribution is 2.38. The number of anilines is 1. The Morgan fingerprint density at radius 1 is 1.32 bits per heavy atom. The molecule has 0 saturated carbocycles. The number of para-hydroxylation sites is 2. The molecule has 2 heterocycles. The Morgan fingerprint density at radius 2 is 2.07 bits per heavy atom. The van der Waals surface area contributed by atoms with Crippen molar-refractivity contribution in [1.29, 1.82) is 0 Å². The van der Waals surface area contributed by atoms with Crippen LogP contribution in [0.4, 0.5) is 10.1 Å². The summed E-state index contributed by atoms with van der Waals surface area (Å²) in [4.78, 5) is 29.5. The average molecular weight is 441 g/mol. The maximum atomic E-state index is 14.3. The highest BCUT2D eigenvalue weighted by Gasteiger charge is 2.36. The zero-order valence-corrected chi connectivity index (χ0v) is 16.3. The molecule has 2 aromatic carbocycles. The summed E-state index contributed by atoms with van der Waals surface area (Å²) < 4.78 is 20.3. The first kappa shape index (κ1) is 18.9. The van der Waals surface area contributed by atoms with Crippen molar-refractivity contribution in [2.75, 3.05) is 4.90 Å². The topological polar surface area (TPSA) is 79.7 Å². The fourth-order valence-corrected chi connectivity index (χ4v) is 4.48. The maximum Gasteiger partial charge on any atom is 0.307 e. The third kappa shape index (κ3) is 3.28. The van der Waals surface area contributed by atoms with Crippen molar-refractivity contribution in [1.82, 2.24) is 4.98 Å². The third-order valence-electron chi connectivity index (χ3n) is 4.18. The minimum Gasteiger partial charge on any atom is -0.481 e. The van der Waals surface area contributed by atoms with Crippen LogP contribution < -0.4 is 9.64 Å². The standard InChI is InChI=1S/C18H11Cl2FN2O4S/c19-8-5-9(20)17-16(15(8)21)22-13(28-17)7-23-10-3-1-2-4-11(10)27-12(18(23)26)6-14(24)25/h1-5,12H,6-7H2,(H,24,25). The number of hydrogen-bond acceptors (Lipinski definition) is 5. The molecule has 28 heavy (non-hydrogen) atoms. The number of carboxylic acids is 1. The number of aliphatic carboxylic acids is 1. The lowest BCUT2D eigenvalue weighted by atomic mass is 10.1. The van der Waals surface area contributed by atoms with Gasteiger partial charge in [0.1, 0.15) is 16.3 Å². The van der Waals surface area contributed by atoms with E-state index >= 15 is 0 Å². The largest absolute Gasteiger partial charge is 0.481 e. The van der Waals surface area contributed by atoms with Crippen LogP contribution in [0.25, 0.3) is 10.2 Å². The lowest BCUT2D eigenvalue weighted by Gasteiger charge is -2.33. The van der Waals surface area contributed by atoms with Gasteiger partial charge in [-0.15, -0.1) is 11.3 Å². The number of carboxylic acid groups (broad SMARTS) is 1. The number of rotatable bonds is 4. The van der Waals surface area contributed by atoms with Crippen LogP contribution >= 0.6 is 34.5 Å². The second-order valence-corrected chi connectivity index (χ2v) is 7.93. The first-order valence-corrected chi connectivity index (χ1v) is 9.64. The minimum absolute atomic E-state index is 0.0159. The molecule has 6 nitrogen and oxygen atoms in total. The normalized spacial score (nSPS) is 16.2. The Hall–Kier alpha value is -2.42. The van der Waals surface area contributed by atoms with Gasteiger partial charge in [-0.25, -0.2) is 9.37 Å². The zero-order valence-electron chi connectivity index (χ0n) is 14.0. The van der Waals surface area contributed by atoms with Gasteiger partial charge in [0, 0.05) is 0 Å². The molecule has 1 amide bonds. The molecular weight excluding hydrogens is 430 g/mol. The smallest absolute Gasteiger partial charge is 0.307 e. The second-order valence-electron chi connectivity index (χ2n) is 6.04. The number of halogens is 3. The predicted octanol–water partition coefficient (Wildman–Crippen LogP) is 4.51. The molecule has 10 heteroatoms. The lowest BCUT2D eigenvalue weighted by molar-refractivity contribution is -0.142. The molecule has 0 aliphatic carbocycles. The average Bonchev–Trinajstić information content (AvgIpc) is 3.07. The number of benzene rings is 2. The molecule has 1 N–H and O–H groups in total. The fourth-order valence-electron chi connectivity index (χ4n) is 2.96. The van der Waals surface area contributed by atoms with Crippen LogP contribution in [-0.2, 0) is 16.1 Å². The number of aromatic nitrogens is 1. The summed E-state index contributed by atoms with van der Waals surface area (Å²) in [5.41, 5.74) is 0.520. The summed E-state index contributed by atoms with van der Waals surface area (Å²) in [6.07, 6.45) is -1.63. The second kappa shape index (κ2) is 7.20. The molecule has 0 bridgehead atoms. The molecule has 3 aromatic rings. The fraction of sp³-hybridized carbons (Fsp3) is 0.167. The molecule has 1 aliphatic rings. The van der Waals surface area contributed by atoms with E-state index in [4.69, 9.17) is 33.0 Å². The van der Waals surface area contributed by atoms with E-state index < -0.39 is 30.2 Å². The molecule has 0 saturated heterocycles. The molecule has 0 fully saturated rings. The van der Waals surface area contributed by atoms with Gasteiger partial charge in [-0.1, -0.05) is 35.3 Å². The molecule has 4 rings (SSSR count). The van der Waals surface area contributed by atoms with E-state index in [1.54, 1.807) is 24.3 Å². The van der Waals surface area contributed by atoms with Gasteiger partial charge < -0.3 is 9.84 Å². The Bertz CT molecular complexity index is 1120. The summed E-state index contributed by atoms with van der Waals surface area (Å²) in [6.45, 7) is 0.0159. The predicted molar refractivity (Wildman–Crippen MR) is 104 cm³/mol. The first-order chi connectivity index (χ1) is 13.3. The Kier molecular flexibility index (Phi) is 4.86. The number of amides is 1. The molecular formula is C18H11Cl2FN2O4S. The third-order valence-corrected chi connectivity index (χ3v) is 5.94. The van der Waals surface area contributed by atoms with E-state index in [2.05, 4.69) is 4.98 Å². The van der Waals surface area contributed by atoms with Crippen molar-refractivity contribution in [2.45, 2.75) is 19.1 Å². The van der Waals surface area contributed by atoms with Gasteiger partial charge in [0.2, 0.25) is 0 Å².